The number of aliphatic imine (C=N–C) groups is 1. The molecule has 0 fully saturated rings. The van der Waals surface area contributed by atoms with Crippen molar-refractivity contribution in [2.75, 3.05) is 20.2 Å². The largest absolute Gasteiger partial charge is 0.492 e. The van der Waals surface area contributed by atoms with Gasteiger partial charge in [0.15, 0.2) is 5.96 Å². The second-order valence-electron chi connectivity index (χ2n) is 5.47. The van der Waals surface area contributed by atoms with E-state index in [1.807, 2.05) is 13.8 Å². The van der Waals surface area contributed by atoms with Crippen molar-refractivity contribution >= 4 is 29.9 Å². The van der Waals surface area contributed by atoms with E-state index >= 15 is 0 Å². The molecule has 0 aliphatic carbocycles. The Morgan fingerprint density at radius 2 is 1.85 bits per heavy atom. The molecule has 1 heterocycles. The summed E-state index contributed by atoms with van der Waals surface area (Å²) in [5, 5.41) is 6.08. The SMILES string of the molecule is CN=C(NCCOc1ccc(C(F)(F)F)cc1)NCc1nc(C)c(C)o1.I. The maximum Gasteiger partial charge on any atom is 0.416 e. The van der Waals surface area contributed by atoms with E-state index < -0.39 is 11.7 Å². The first-order chi connectivity index (χ1) is 12.3. The number of hydrogen-bond acceptors (Lipinski definition) is 4. The summed E-state index contributed by atoms with van der Waals surface area (Å²) in [7, 11) is 1.62. The maximum absolute atomic E-state index is 12.5. The number of halogens is 4. The smallest absolute Gasteiger partial charge is 0.416 e. The zero-order valence-electron chi connectivity index (χ0n) is 15.2. The molecule has 0 atom stereocenters. The van der Waals surface area contributed by atoms with Crippen LogP contribution in [0.1, 0.15) is 22.9 Å². The highest BCUT2D eigenvalue weighted by molar-refractivity contribution is 14.0. The van der Waals surface area contributed by atoms with Crippen molar-refractivity contribution in [3.05, 3.63) is 47.2 Å². The van der Waals surface area contributed by atoms with E-state index in [2.05, 4.69) is 20.6 Å². The van der Waals surface area contributed by atoms with Crippen LogP contribution in [0.5, 0.6) is 5.75 Å². The Kier molecular flexibility index (Phi) is 8.86. The molecule has 0 spiro atoms. The van der Waals surface area contributed by atoms with Gasteiger partial charge in [0.1, 0.15) is 18.1 Å². The number of oxazole rings is 1. The Balaban J connectivity index is 0.00000364. The molecular weight excluding hydrogens is 476 g/mol. The first-order valence-electron chi connectivity index (χ1n) is 7.97. The number of hydrogen-bond donors (Lipinski definition) is 2. The lowest BCUT2D eigenvalue weighted by Gasteiger charge is -2.12. The number of guanidine groups is 1. The highest BCUT2D eigenvalue weighted by Gasteiger charge is 2.29. The molecule has 0 radical (unpaired) electrons. The molecule has 0 saturated heterocycles. The second-order valence-corrected chi connectivity index (χ2v) is 5.47. The quantitative estimate of drug-likeness (QED) is 0.275. The van der Waals surface area contributed by atoms with E-state index in [1.165, 1.54) is 12.1 Å². The molecule has 2 aromatic rings. The standard InChI is InChI=1S/C17H21F3N4O2.HI/c1-11-12(2)26-15(24-11)10-23-16(21-3)22-8-9-25-14-6-4-13(5-7-14)17(18,19)20;/h4-7H,8-10H2,1-3H3,(H2,21,22,23);1H. The highest BCUT2D eigenvalue weighted by Crippen LogP contribution is 2.30. The van der Waals surface area contributed by atoms with Crippen molar-refractivity contribution < 1.29 is 22.3 Å². The zero-order valence-corrected chi connectivity index (χ0v) is 17.5. The minimum absolute atomic E-state index is 0. The van der Waals surface area contributed by atoms with Gasteiger partial charge in [0.25, 0.3) is 0 Å². The molecule has 0 unspecified atom stereocenters. The molecule has 1 aromatic carbocycles. The molecule has 1 aromatic heterocycles. The van der Waals surface area contributed by atoms with E-state index in [0.717, 1.165) is 23.6 Å². The monoisotopic (exact) mass is 498 g/mol. The molecule has 2 rings (SSSR count). The van der Waals surface area contributed by atoms with Gasteiger partial charge in [0.05, 0.1) is 24.3 Å². The van der Waals surface area contributed by atoms with Crippen molar-refractivity contribution in [1.29, 1.82) is 0 Å². The Morgan fingerprint density at radius 1 is 1.19 bits per heavy atom. The van der Waals surface area contributed by atoms with Gasteiger partial charge in [-0.25, -0.2) is 4.98 Å². The van der Waals surface area contributed by atoms with E-state index in [9.17, 15) is 13.2 Å². The van der Waals surface area contributed by atoms with Crippen molar-refractivity contribution in [1.82, 2.24) is 15.6 Å². The van der Waals surface area contributed by atoms with Gasteiger partial charge in [-0.1, -0.05) is 0 Å². The van der Waals surface area contributed by atoms with Gasteiger partial charge >= 0.3 is 6.18 Å². The number of benzene rings is 1. The lowest BCUT2D eigenvalue weighted by atomic mass is 10.2. The Hall–Kier alpha value is -1.98. The first kappa shape index (κ1) is 23.1. The van der Waals surface area contributed by atoms with Crippen LogP contribution in [0, 0.1) is 13.8 Å². The molecule has 0 aliphatic heterocycles. The number of nitrogens with zero attached hydrogens (tertiary/aromatic N) is 2. The molecular formula is C17H22F3IN4O2. The average molecular weight is 498 g/mol. The van der Waals surface area contributed by atoms with Crippen molar-refractivity contribution in [3.63, 3.8) is 0 Å². The van der Waals surface area contributed by atoms with Gasteiger partial charge in [-0.2, -0.15) is 13.2 Å². The molecule has 150 valence electrons. The van der Waals surface area contributed by atoms with E-state index in [1.54, 1.807) is 7.05 Å². The third-order valence-electron chi connectivity index (χ3n) is 3.55. The molecule has 2 N–H and O–H groups in total. The topological polar surface area (TPSA) is 71.7 Å². The fourth-order valence-corrected chi connectivity index (χ4v) is 2.07. The number of aromatic nitrogens is 1. The Morgan fingerprint density at radius 3 is 2.37 bits per heavy atom. The summed E-state index contributed by atoms with van der Waals surface area (Å²) in [4.78, 5) is 8.32. The average Bonchev–Trinajstić information content (AvgIpc) is 2.92. The maximum atomic E-state index is 12.5. The molecule has 27 heavy (non-hydrogen) atoms. The van der Waals surface area contributed by atoms with Gasteiger partial charge in [0, 0.05) is 7.05 Å². The van der Waals surface area contributed by atoms with Gasteiger partial charge in [-0.15, -0.1) is 24.0 Å². The summed E-state index contributed by atoms with van der Waals surface area (Å²) in [6.45, 7) is 4.78. The number of nitrogens with one attached hydrogen (secondary N) is 2. The van der Waals surface area contributed by atoms with Crippen LogP contribution in [0.15, 0.2) is 33.7 Å². The second kappa shape index (κ2) is 10.4. The molecule has 10 heteroatoms. The van der Waals surface area contributed by atoms with Crippen molar-refractivity contribution in [2.45, 2.75) is 26.6 Å². The van der Waals surface area contributed by atoms with Crippen molar-refractivity contribution in [3.8, 4) is 5.75 Å². The van der Waals surface area contributed by atoms with Crippen molar-refractivity contribution in [2.24, 2.45) is 4.99 Å². The number of rotatable bonds is 6. The highest BCUT2D eigenvalue weighted by atomic mass is 127. The normalized spacial score (nSPS) is 11.7. The van der Waals surface area contributed by atoms with Crippen LogP contribution in [-0.2, 0) is 12.7 Å². The van der Waals surface area contributed by atoms with Crippen LogP contribution in [0.4, 0.5) is 13.2 Å². The summed E-state index contributed by atoms with van der Waals surface area (Å²) in [5.41, 5.74) is 0.138. The van der Waals surface area contributed by atoms with Gasteiger partial charge in [-0.3, -0.25) is 4.99 Å². The summed E-state index contributed by atoms with van der Waals surface area (Å²) in [6.07, 6.45) is -4.35. The summed E-state index contributed by atoms with van der Waals surface area (Å²) < 4.78 is 48.3. The van der Waals surface area contributed by atoms with Gasteiger partial charge in [-0.05, 0) is 38.1 Å². The van der Waals surface area contributed by atoms with Gasteiger partial charge in [0.2, 0.25) is 5.89 Å². The molecule has 0 amide bonds. The summed E-state index contributed by atoms with van der Waals surface area (Å²) in [5.74, 6) is 2.24. The Bertz CT molecular complexity index is 726. The van der Waals surface area contributed by atoms with E-state index in [4.69, 9.17) is 9.15 Å². The third-order valence-corrected chi connectivity index (χ3v) is 3.55. The zero-order chi connectivity index (χ0) is 19.2. The Labute approximate surface area is 172 Å². The van der Waals surface area contributed by atoms with Crippen LogP contribution in [0.25, 0.3) is 0 Å². The number of ether oxygens (including phenoxy) is 1. The van der Waals surface area contributed by atoms with Crippen LogP contribution in [-0.4, -0.2) is 31.1 Å². The number of aryl methyl sites for hydroxylation is 2. The molecule has 0 aliphatic rings. The third kappa shape index (κ3) is 7.27. The van der Waals surface area contributed by atoms with Crippen LogP contribution in [0.3, 0.4) is 0 Å². The first-order valence-corrected chi connectivity index (χ1v) is 7.97. The van der Waals surface area contributed by atoms with Crippen LogP contribution >= 0.6 is 24.0 Å². The predicted molar refractivity (Wildman–Crippen MR) is 107 cm³/mol. The minimum atomic E-state index is -4.35. The summed E-state index contributed by atoms with van der Waals surface area (Å²) in [6, 6.07) is 4.57. The molecule has 6 nitrogen and oxygen atoms in total. The number of alkyl halides is 3. The molecule has 0 saturated carbocycles. The summed E-state index contributed by atoms with van der Waals surface area (Å²) >= 11 is 0. The van der Waals surface area contributed by atoms with Crippen LogP contribution < -0.4 is 15.4 Å². The lowest BCUT2D eigenvalue weighted by Crippen LogP contribution is -2.38. The fourth-order valence-electron chi connectivity index (χ4n) is 2.07. The minimum Gasteiger partial charge on any atom is -0.492 e. The fraction of sp³-hybridized carbons (Fsp3) is 0.412. The lowest BCUT2D eigenvalue weighted by molar-refractivity contribution is -0.137. The van der Waals surface area contributed by atoms with Crippen LogP contribution in [0.2, 0.25) is 0 Å². The van der Waals surface area contributed by atoms with E-state index in [-0.39, 0.29) is 30.6 Å². The van der Waals surface area contributed by atoms with E-state index in [0.29, 0.717) is 30.7 Å². The van der Waals surface area contributed by atoms with Gasteiger partial charge < -0.3 is 19.8 Å². The molecule has 0 bridgehead atoms. The predicted octanol–water partition coefficient (Wildman–Crippen LogP) is 3.67.